The van der Waals surface area contributed by atoms with Gasteiger partial charge in [0, 0.05) is 13.5 Å². The van der Waals surface area contributed by atoms with Crippen LogP contribution in [0.25, 0.3) is 0 Å². The van der Waals surface area contributed by atoms with E-state index in [-0.39, 0.29) is 5.91 Å². The molecule has 1 aromatic rings. The summed E-state index contributed by atoms with van der Waals surface area (Å²) in [6.07, 6.45) is 2.17. The van der Waals surface area contributed by atoms with Gasteiger partial charge >= 0.3 is 5.97 Å². The molecule has 1 atom stereocenters. The highest BCUT2D eigenvalue weighted by molar-refractivity contribution is 5.87. The van der Waals surface area contributed by atoms with Crippen LogP contribution in [-0.2, 0) is 15.1 Å². The highest BCUT2D eigenvalue weighted by atomic mass is 16.4. The van der Waals surface area contributed by atoms with E-state index in [0.29, 0.717) is 18.5 Å². The fourth-order valence-electron chi connectivity index (χ4n) is 2.76. The molecular weight excluding hydrogens is 230 g/mol. The number of hydrogen-bond acceptors (Lipinski definition) is 2. The molecule has 1 aromatic carbocycles. The summed E-state index contributed by atoms with van der Waals surface area (Å²) in [7, 11) is 0. The molecule has 0 spiro atoms. The number of carboxylic acids is 1. The first-order valence-corrected chi connectivity index (χ1v) is 6.16. The maximum absolute atomic E-state index is 11.8. The van der Waals surface area contributed by atoms with E-state index in [0.717, 1.165) is 12.8 Å². The number of nitrogens with zero attached hydrogens (tertiary/aromatic N) is 1. The van der Waals surface area contributed by atoms with Gasteiger partial charge in [-0.05, 0) is 24.8 Å². The predicted molar refractivity (Wildman–Crippen MR) is 67.0 cm³/mol. The molecule has 4 heteroatoms. The van der Waals surface area contributed by atoms with Crippen LogP contribution in [0.3, 0.4) is 0 Å². The Kier molecular flexibility index (Phi) is 3.36. The maximum Gasteiger partial charge on any atom is 0.334 e. The lowest BCUT2D eigenvalue weighted by Crippen LogP contribution is -2.56. The molecule has 1 aliphatic heterocycles. The number of carbonyl (C=O) groups is 2. The van der Waals surface area contributed by atoms with E-state index in [4.69, 9.17) is 0 Å². The van der Waals surface area contributed by atoms with E-state index in [2.05, 4.69) is 0 Å². The Morgan fingerprint density at radius 1 is 1.22 bits per heavy atom. The fourth-order valence-corrected chi connectivity index (χ4v) is 2.76. The van der Waals surface area contributed by atoms with Gasteiger partial charge in [-0.25, -0.2) is 4.79 Å². The highest BCUT2D eigenvalue weighted by Crippen LogP contribution is 2.38. The van der Waals surface area contributed by atoms with Crippen LogP contribution < -0.4 is 0 Å². The van der Waals surface area contributed by atoms with Gasteiger partial charge in [-0.1, -0.05) is 30.3 Å². The molecule has 0 aliphatic carbocycles. The standard InChI is InChI=1S/C14H17NO3/c1-11(16)15-10-6-5-9-14(15,13(17)18)12-7-3-2-4-8-12/h2-4,7-8H,5-6,9-10H2,1H3,(H,17,18). The third kappa shape index (κ3) is 1.88. The van der Waals surface area contributed by atoms with Gasteiger partial charge in [-0.3, -0.25) is 4.79 Å². The molecule has 0 saturated carbocycles. The third-order valence-corrected chi connectivity index (χ3v) is 3.62. The average molecular weight is 247 g/mol. The molecule has 1 fully saturated rings. The van der Waals surface area contributed by atoms with Crippen molar-refractivity contribution in [1.29, 1.82) is 0 Å². The van der Waals surface area contributed by atoms with E-state index in [1.165, 1.54) is 11.8 Å². The van der Waals surface area contributed by atoms with Crippen molar-refractivity contribution in [3.8, 4) is 0 Å². The summed E-state index contributed by atoms with van der Waals surface area (Å²) in [4.78, 5) is 25.0. The second kappa shape index (κ2) is 4.80. The number of likely N-dealkylation sites (tertiary alicyclic amines) is 1. The first-order chi connectivity index (χ1) is 8.59. The SMILES string of the molecule is CC(=O)N1CCCCC1(C(=O)O)c1ccccc1. The lowest BCUT2D eigenvalue weighted by molar-refractivity contribution is -0.162. The molecule has 1 saturated heterocycles. The van der Waals surface area contributed by atoms with E-state index in [1.54, 1.807) is 12.1 Å². The van der Waals surface area contributed by atoms with Gasteiger partial charge < -0.3 is 10.0 Å². The summed E-state index contributed by atoms with van der Waals surface area (Å²) >= 11 is 0. The van der Waals surface area contributed by atoms with E-state index in [9.17, 15) is 14.7 Å². The summed E-state index contributed by atoms with van der Waals surface area (Å²) < 4.78 is 0. The first kappa shape index (κ1) is 12.6. The zero-order valence-electron chi connectivity index (χ0n) is 10.4. The van der Waals surface area contributed by atoms with E-state index >= 15 is 0 Å². The first-order valence-electron chi connectivity index (χ1n) is 6.16. The molecule has 1 amide bonds. The number of benzene rings is 1. The average Bonchev–Trinajstić information content (AvgIpc) is 2.39. The number of amides is 1. The van der Waals surface area contributed by atoms with Gasteiger partial charge in [0.05, 0.1) is 0 Å². The molecule has 2 rings (SSSR count). The molecule has 4 nitrogen and oxygen atoms in total. The number of piperidine rings is 1. The molecule has 1 aliphatic rings. The summed E-state index contributed by atoms with van der Waals surface area (Å²) in [5.41, 5.74) is -0.502. The Labute approximate surface area is 106 Å². The summed E-state index contributed by atoms with van der Waals surface area (Å²) in [5, 5.41) is 9.67. The van der Waals surface area contributed by atoms with Crippen LogP contribution in [0.4, 0.5) is 0 Å². The smallest absolute Gasteiger partial charge is 0.334 e. The largest absolute Gasteiger partial charge is 0.479 e. The Morgan fingerprint density at radius 3 is 2.44 bits per heavy atom. The van der Waals surface area contributed by atoms with Crippen molar-refractivity contribution in [2.75, 3.05) is 6.54 Å². The summed E-state index contributed by atoms with van der Waals surface area (Å²) in [6.45, 7) is 1.95. The monoisotopic (exact) mass is 247 g/mol. The Hall–Kier alpha value is -1.84. The Balaban J connectivity index is 2.54. The van der Waals surface area contributed by atoms with Crippen LogP contribution in [-0.4, -0.2) is 28.4 Å². The van der Waals surface area contributed by atoms with Crippen molar-refractivity contribution in [1.82, 2.24) is 4.90 Å². The molecule has 1 unspecified atom stereocenters. The molecule has 0 bridgehead atoms. The zero-order chi connectivity index (χ0) is 13.2. The van der Waals surface area contributed by atoms with Crippen LogP contribution in [0.1, 0.15) is 31.7 Å². The number of hydrogen-bond donors (Lipinski definition) is 1. The van der Waals surface area contributed by atoms with Gasteiger partial charge in [0.25, 0.3) is 0 Å². The fraction of sp³-hybridized carbons (Fsp3) is 0.429. The number of aliphatic carboxylic acids is 1. The van der Waals surface area contributed by atoms with Crippen molar-refractivity contribution in [2.45, 2.75) is 31.7 Å². The van der Waals surface area contributed by atoms with Gasteiger partial charge in [0.1, 0.15) is 0 Å². The van der Waals surface area contributed by atoms with Crippen LogP contribution in [0.15, 0.2) is 30.3 Å². The molecule has 1 N–H and O–H groups in total. The molecular formula is C14H17NO3. The van der Waals surface area contributed by atoms with Crippen molar-refractivity contribution < 1.29 is 14.7 Å². The van der Waals surface area contributed by atoms with Crippen LogP contribution in [0.2, 0.25) is 0 Å². The van der Waals surface area contributed by atoms with Crippen LogP contribution in [0, 0.1) is 0 Å². The van der Waals surface area contributed by atoms with Gasteiger partial charge in [0.2, 0.25) is 5.91 Å². The second-order valence-electron chi connectivity index (χ2n) is 4.66. The van der Waals surface area contributed by atoms with E-state index in [1.807, 2.05) is 18.2 Å². The minimum Gasteiger partial charge on any atom is -0.479 e. The Morgan fingerprint density at radius 2 is 1.89 bits per heavy atom. The third-order valence-electron chi connectivity index (χ3n) is 3.62. The maximum atomic E-state index is 11.8. The van der Waals surface area contributed by atoms with Crippen molar-refractivity contribution in [2.24, 2.45) is 0 Å². The molecule has 18 heavy (non-hydrogen) atoms. The molecule has 0 aromatic heterocycles. The van der Waals surface area contributed by atoms with Gasteiger partial charge in [0.15, 0.2) is 5.54 Å². The van der Waals surface area contributed by atoms with Gasteiger partial charge in [-0.2, -0.15) is 0 Å². The van der Waals surface area contributed by atoms with Crippen LogP contribution >= 0.6 is 0 Å². The number of carbonyl (C=O) groups excluding carboxylic acids is 1. The van der Waals surface area contributed by atoms with Gasteiger partial charge in [-0.15, -0.1) is 0 Å². The molecule has 96 valence electrons. The summed E-state index contributed by atoms with van der Waals surface area (Å²) in [6, 6.07) is 9.05. The minimum atomic E-state index is -1.19. The highest BCUT2D eigenvalue weighted by Gasteiger charge is 2.48. The van der Waals surface area contributed by atoms with E-state index < -0.39 is 11.5 Å². The van der Waals surface area contributed by atoms with Crippen molar-refractivity contribution in [3.63, 3.8) is 0 Å². The minimum absolute atomic E-state index is 0.180. The number of carboxylic acid groups (broad SMARTS) is 1. The Bertz CT molecular complexity index is 457. The van der Waals surface area contributed by atoms with Crippen molar-refractivity contribution in [3.05, 3.63) is 35.9 Å². The normalized spacial score (nSPS) is 23.7. The zero-order valence-corrected chi connectivity index (χ0v) is 10.4. The van der Waals surface area contributed by atoms with Crippen molar-refractivity contribution >= 4 is 11.9 Å². The predicted octanol–water partition coefficient (Wildman–Crippen LogP) is 2.00. The quantitative estimate of drug-likeness (QED) is 0.869. The van der Waals surface area contributed by atoms with Crippen LogP contribution in [0.5, 0.6) is 0 Å². The molecule has 1 heterocycles. The number of rotatable bonds is 2. The second-order valence-corrected chi connectivity index (χ2v) is 4.66. The topological polar surface area (TPSA) is 57.6 Å². The lowest BCUT2D eigenvalue weighted by atomic mass is 9.80. The lowest BCUT2D eigenvalue weighted by Gasteiger charge is -2.44. The molecule has 0 radical (unpaired) electrons. The summed E-state index contributed by atoms with van der Waals surface area (Å²) in [5.74, 6) is -1.12.